The van der Waals surface area contributed by atoms with Crippen LogP contribution in [0.25, 0.3) is 10.8 Å². The smallest absolute Gasteiger partial charge is 0.123 e. The standard InChI is InChI=1S/C16H14BrNO/c1-11-2-7-16(19-11)10-18-15-6-4-12-8-14(17)5-3-13(12)9-15/h2-9,18H,10H2,1H3. The van der Waals surface area contributed by atoms with Crippen molar-refractivity contribution in [1.29, 1.82) is 0 Å². The van der Waals surface area contributed by atoms with Crippen molar-refractivity contribution in [3.63, 3.8) is 0 Å². The Morgan fingerprint density at radius 1 is 1.00 bits per heavy atom. The first-order valence-corrected chi connectivity index (χ1v) is 6.98. The summed E-state index contributed by atoms with van der Waals surface area (Å²) < 4.78 is 6.64. The average Bonchev–Trinajstić information content (AvgIpc) is 2.82. The second kappa shape index (κ2) is 5.10. The van der Waals surface area contributed by atoms with Crippen LogP contribution in [0.4, 0.5) is 5.69 Å². The second-order valence-corrected chi connectivity index (χ2v) is 5.49. The highest BCUT2D eigenvalue weighted by Gasteiger charge is 2.00. The van der Waals surface area contributed by atoms with Crippen molar-refractivity contribution in [3.8, 4) is 0 Å². The first-order valence-electron chi connectivity index (χ1n) is 6.19. The van der Waals surface area contributed by atoms with Gasteiger partial charge in [0.15, 0.2) is 0 Å². The van der Waals surface area contributed by atoms with Crippen LogP contribution in [0.3, 0.4) is 0 Å². The Bertz CT molecular complexity index is 718. The molecule has 0 radical (unpaired) electrons. The summed E-state index contributed by atoms with van der Waals surface area (Å²) in [6, 6.07) is 16.6. The second-order valence-electron chi connectivity index (χ2n) is 4.57. The molecule has 3 rings (SSSR count). The number of rotatable bonds is 3. The van der Waals surface area contributed by atoms with Gasteiger partial charge in [0, 0.05) is 10.2 Å². The fourth-order valence-electron chi connectivity index (χ4n) is 2.10. The van der Waals surface area contributed by atoms with Crippen LogP contribution in [0.5, 0.6) is 0 Å². The van der Waals surface area contributed by atoms with Crippen LogP contribution in [0.15, 0.2) is 57.4 Å². The van der Waals surface area contributed by atoms with E-state index in [4.69, 9.17) is 4.42 Å². The lowest BCUT2D eigenvalue weighted by molar-refractivity contribution is 0.490. The molecule has 1 N–H and O–H groups in total. The minimum atomic E-state index is 0.704. The molecule has 2 aromatic carbocycles. The summed E-state index contributed by atoms with van der Waals surface area (Å²) in [4.78, 5) is 0. The average molecular weight is 316 g/mol. The van der Waals surface area contributed by atoms with Crippen LogP contribution in [0, 0.1) is 6.92 Å². The zero-order valence-electron chi connectivity index (χ0n) is 10.6. The maximum Gasteiger partial charge on any atom is 0.123 e. The molecule has 0 saturated carbocycles. The zero-order valence-corrected chi connectivity index (χ0v) is 12.2. The van der Waals surface area contributed by atoms with Gasteiger partial charge in [0.05, 0.1) is 6.54 Å². The lowest BCUT2D eigenvalue weighted by atomic mass is 10.1. The fourth-order valence-corrected chi connectivity index (χ4v) is 2.47. The van der Waals surface area contributed by atoms with Crippen LogP contribution in [-0.4, -0.2) is 0 Å². The number of aryl methyl sites for hydroxylation is 1. The van der Waals surface area contributed by atoms with Crippen molar-refractivity contribution in [3.05, 3.63) is 64.5 Å². The number of nitrogens with one attached hydrogen (secondary N) is 1. The highest BCUT2D eigenvalue weighted by molar-refractivity contribution is 9.10. The first-order chi connectivity index (χ1) is 9.20. The molecule has 0 amide bonds. The summed E-state index contributed by atoms with van der Waals surface area (Å²) in [7, 11) is 0. The molecule has 0 aliphatic carbocycles. The maximum absolute atomic E-state index is 5.54. The Morgan fingerprint density at radius 3 is 2.58 bits per heavy atom. The zero-order chi connectivity index (χ0) is 13.2. The number of hydrogen-bond donors (Lipinski definition) is 1. The Labute approximate surface area is 120 Å². The molecule has 3 heteroatoms. The topological polar surface area (TPSA) is 25.2 Å². The number of fused-ring (bicyclic) bond motifs is 1. The van der Waals surface area contributed by atoms with Crippen LogP contribution >= 0.6 is 15.9 Å². The van der Waals surface area contributed by atoms with Crippen LogP contribution in [-0.2, 0) is 6.54 Å². The van der Waals surface area contributed by atoms with Gasteiger partial charge in [-0.2, -0.15) is 0 Å². The van der Waals surface area contributed by atoms with Gasteiger partial charge in [0.25, 0.3) is 0 Å². The quantitative estimate of drug-likeness (QED) is 0.726. The van der Waals surface area contributed by atoms with Crippen LogP contribution in [0.1, 0.15) is 11.5 Å². The van der Waals surface area contributed by atoms with Crippen molar-refractivity contribution < 1.29 is 4.42 Å². The monoisotopic (exact) mass is 315 g/mol. The molecule has 0 fully saturated rings. The summed E-state index contributed by atoms with van der Waals surface area (Å²) in [5, 5.41) is 5.83. The number of anilines is 1. The summed E-state index contributed by atoms with van der Waals surface area (Å²) >= 11 is 3.49. The van der Waals surface area contributed by atoms with Gasteiger partial charge in [-0.25, -0.2) is 0 Å². The van der Waals surface area contributed by atoms with Crippen LogP contribution < -0.4 is 5.32 Å². The van der Waals surface area contributed by atoms with Gasteiger partial charge in [-0.05, 0) is 54.1 Å². The van der Waals surface area contributed by atoms with Gasteiger partial charge in [-0.3, -0.25) is 0 Å². The number of furan rings is 1. The third kappa shape index (κ3) is 2.82. The molecule has 0 spiro atoms. The molecule has 1 heterocycles. The van der Waals surface area contributed by atoms with Gasteiger partial charge in [-0.15, -0.1) is 0 Å². The van der Waals surface area contributed by atoms with E-state index in [-0.39, 0.29) is 0 Å². The molecule has 2 nitrogen and oxygen atoms in total. The fraction of sp³-hybridized carbons (Fsp3) is 0.125. The molecular weight excluding hydrogens is 302 g/mol. The molecule has 0 aliphatic heterocycles. The molecule has 0 atom stereocenters. The van der Waals surface area contributed by atoms with Gasteiger partial charge >= 0.3 is 0 Å². The SMILES string of the molecule is Cc1ccc(CNc2ccc3cc(Br)ccc3c2)o1. The van der Waals surface area contributed by atoms with E-state index >= 15 is 0 Å². The Morgan fingerprint density at radius 2 is 1.79 bits per heavy atom. The van der Waals surface area contributed by atoms with E-state index < -0.39 is 0 Å². The molecule has 1 aromatic heterocycles. The van der Waals surface area contributed by atoms with Crippen molar-refractivity contribution in [2.45, 2.75) is 13.5 Å². The molecule has 3 aromatic rings. The third-order valence-corrected chi connectivity index (χ3v) is 3.56. The largest absolute Gasteiger partial charge is 0.465 e. The van der Waals surface area contributed by atoms with E-state index in [2.05, 4.69) is 57.6 Å². The lowest BCUT2D eigenvalue weighted by Gasteiger charge is -2.06. The van der Waals surface area contributed by atoms with Crippen molar-refractivity contribution in [1.82, 2.24) is 0 Å². The van der Waals surface area contributed by atoms with E-state index in [9.17, 15) is 0 Å². The Kier molecular flexibility index (Phi) is 3.30. The molecule has 0 unspecified atom stereocenters. The third-order valence-electron chi connectivity index (χ3n) is 3.07. The van der Waals surface area contributed by atoms with E-state index in [0.717, 1.165) is 21.7 Å². The van der Waals surface area contributed by atoms with E-state index in [0.29, 0.717) is 6.54 Å². The molecule has 19 heavy (non-hydrogen) atoms. The van der Waals surface area contributed by atoms with E-state index in [1.807, 2.05) is 19.1 Å². The molecule has 0 bridgehead atoms. The van der Waals surface area contributed by atoms with Crippen molar-refractivity contribution in [2.75, 3.05) is 5.32 Å². The van der Waals surface area contributed by atoms with Gasteiger partial charge in [-0.1, -0.05) is 28.1 Å². The maximum atomic E-state index is 5.54. The predicted molar refractivity (Wildman–Crippen MR) is 82.4 cm³/mol. The normalized spacial score (nSPS) is 10.8. The number of benzene rings is 2. The Balaban J connectivity index is 1.79. The van der Waals surface area contributed by atoms with Crippen LogP contribution in [0.2, 0.25) is 0 Å². The van der Waals surface area contributed by atoms with Gasteiger partial charge in [0.2, 0.25) is 0 Å². The molecular formula is C16H14BrNO. The number of halogens is 1. The number of hydrogen-bond acceptors (Lipinski definition) is 2. The van der Waals surface area contributed by atoms with E-state index in [1.54, 1.807) is 0 Å². The first kappa shape index (κ1) is 12.3. The molecule has 0 aliphatic rings. The van der Waals surface area contributed by atoms with Gasteiger partial charge in [0.1, 0.15) is 11.5 Å². The molecule has 0 saturated heterocycles. The van der Waals surface area contributed by atoms with E-state index in [1.165, 1.54) is 10.8 Å². The molecule has 96 valence electrons. The highest BCUT2D eigenvalue weighted by Crippen LogP contribution is 2.23. The summed E-state index contributed by atoms with van der Waals surface area (Å²) in [6.45, 7) is 2.66. The summed E-state index contributed by atoms with van der Waals surface area (Å²) in [5.74, 6) is 1.90. The highest BCUT2D eigenvalue weighted by atomic mass is 79.9. The predicted octanol–water partition coefficient (Wildman–Crippen LogP) is 5.12. The lowest BCUT2D eigenvalue weighted by Crippen LogP contribution is -1.97. The Hall–Kier alpha value is -1.74. The van der Waals surface area contributed by atoms with Crippen molar-refractivity contribution in [2.24, 2.45) is 0 Å². The summed E-state index contributed by atoms with van der Waals surface area (Å²) in [6.07, 6.45) is 0. The van der Waals surface area contributed by atoms with Crippen molar-refractivity contribution >= 4 is 32.4 Å². The minimum Gasteiger partial charge on any atom is -0.465 e. The minimum absolute atomic E-state index is 0.704. The summed E-state index contributed by atoms with van der Waals surface area (Å²) in [5.41, 5.74) is 1.10. The van der Waals surface area contributed by atoms with Gasteiger partial charge < -0.3 is 9.73 Å².